The third-order valence-electron chi connectivity index (χ3n) is 2.71. The van der Waals surface area contributed by atoms with Gasteiger partial charge in [0.2, 0.25) is 0 Å². The summed E-state index contributed by atoms with van der Waals surface area (Å²) in [6.07, 6.45) is 5.91. The first kappa shape index (κ1) is 12.7. The van der Waals surface area contributed by atoms with Gasteiger partial charge in [-0.1, -0.05) is 12.2 Å². The maximum absolute atomic E-state index is 10.7. The summed E-state index contributed by atoms with van der Waals surface area (Å²) in [6, 6.07) is 0. The Balaban J connectivity index is 2.41. The maximum atomic E-state index is 10.7. The largest absolute Gasteiger partial charge is 0.466 e. The van der Waals surface area contributed by atoms with Crippen molar-refractivity contribution >= 4 is 11.9 Å². The number of carbonyl (C=O) groups is 2. The molecule has 0 heterocycles. The Morgan fingerprint density at radius 2 is 1.38 bits per heavy atom. The van der Waals surface area contributed by atoms with E-state index >= 15 is 0 Å². The molecule has 2 unspecified atom stereocenters. The maximum Gasteiger partial charge on any atom is 0.302 e. The summed E-state index contributed by atoms with van der Waals surface area (Å²) >= 11 is 0. The minimum Gasteiger partial charge on any atom is -0.466 e. The van der Waals surface area contributed by atoms with Crippen LogP contribution in [0.3, 0.4) is 0 Å². The molecule has 1 rings (SSSR count). The molecule has 0 aromatic heterocycles. The van der Waals surface area contributed by atoms with Crippen molar-refractivity contribution in [1.82, 2.24) is 0 Å². The lowest BCUT2D eigenvalue weighted by atomic mass is 9.84. The van der Waals surface area contributed by atoms with Crippen molar-refractivity contribution in [3.8, 4) is 0 Å². The van der Waals surface area contributed by atoms with E-state index in [2.05, 4.69) is 12.2 Å². The SMILES string of the molecule is CC(=O)OCC1CC=CCC1COC(C)=O. The first-order chi connectivity index (χ1) is 7.59. The molecule has 0 aromatic carbocycles. The van der Waals surface area contributed by atoms with E-state index in [4.69, 9.17) is 9.47 Å². The molecule has 0 radical (unpaired) electrons. The van der Waals surface area contributed by atoms with E-state index in [1.807, 2.05) is 0 Å². The van der Waals surface area contributed by atoms with Gasteiger partial charge in [0.1, 0.15) is 0 Å². The summed E-state index contributed by atoms with van der Waals surface area (Å²) in [5.41, 5.74) is 0. The molecule has 0 amide bonds. The van der Waals surface area contributed by atoms with Gasteiger partial charge in [0.05, 0.1) is 13.2 Å². The van der Waals surface area contributed by atoms with Gasteiger partial charge in [-0.05, 0) is 12.8 Å². The van der Waals surface area contributed by atoms with Crippen LogP contribution < -0.4 is 0 Å². The fourth-order valence-corrected chi connectivity index (χ4v) is 1.78. The number of ether oxygens (including phenoxy) is 2. The van der Waals surface area contributed by atoms with Crippen molar-refractivity contribution in [2.45, 2.75) is 26.7 Å². The van der Waals surface area contributed by atoms with Gasteiger partial charge in [-0.3, -0.25) is 9.59 Å². The molecule has 0 fully saturated rings. The van der Waals surface area contributed by atoms with Crippen LogP contribution in [0.25, 0.3) is 0 Å². The lowest BCUT2D eigenvalue weighted by Gasteiger charge is -2.27. The van der Waals surface area contributed by atoms with Gasteiger partial charge in [0, 0.05) is 25.7 Å². The minimum absolute atomic E-state index is 0.258. The molecule has 0 saturated carbocycles. The zero-order valence-corrected chi connectivity index (χ0v) is 9.77. The average Bonchev–Trinajstić information content (AvgIpc) is 2.24. The highest BCUT2D eigenvalue weighted by molar-refractivity contribution is 5.66. The van der Waals surface area contributed by atoms with Crippen molar-refractivity contribution in [3.63, 3.8) is 0 Å². The molecule has 4 heteroatoms. The Morgan fingerprint density at radius 3 is 1.69 bits per heavy atom. The Bertz CT molecular complexity index is 255. The third kappa shape index (κ3) is 4.47. The molecule has 16 heavy (non-hydrogen) atoms. The van der Waals surface area contributed by atoms with E-state index in [0.29, 0.717) is 13.2 Å². The van der Waals surface area contributed by atoms with E-state index < -0.39 is 0 Å². The lowest BCUT2D eigenvalue weighted by molar-refractivity contribution is -0.147. The smallest absolute Gasteiger partial charge is 0.302 e. The van der Waals surface area contributed by atoms with Crippen molar-refractivity contribution < 1.29 is 19.1 Å². The Kier molecular flexibility index (Phi) is 5.02. The molecular formula is C12H18O4. The molecule has 90 valence electrons. The number of esters is 2. The fourth-order valence-electron chi connectivity index (χ4n) is 1.78. The zero-order valence-electron chi connectivity index (χ0n) is 9.77. The molecule has 0 saturated heterocycles. The fraction of sp³-hybridized carbons (Fsp3) is 0.667. The van der Waals surface area contributed by atoms with Crippen molar-refractivity contribution in [3.05, 3.63) is 12.2 Å². The summed E-state index contributed by atoms with van der Waals surface area (Å²) in [4.78, 5) is 21.5. The van der Waals surface area contributed by atoms with Crippen molar-refractivity contribution in [2.24, 2.45) is 11.8 Å². The molecule has 4 nitrogen and oxygen atoms in total. The molecule has 0 aliphatic heterocycles. The molecule has 2 atom stereocenters. The molecule has 1 aliphatic rings. The van der Waals surface area contributed by atoms with Gasteiger partial charge in [-0.15, -0.1) is 0 Å². The zero-order chi connectivity index (χ0) is 12.0. The van der Waals surface area contributed by atoms with E-state index in [1.54, 1.807) is 0 Å². The van der Waals surface area contributed by atoms with E-state index in [-0.39, 0.29) is 23.8 Å². The first-order valence-electron chi connectivity index (χ1n) is 5.51. The van der Waals surface area contributed by atoms with Crippen LogP contribution in [0.2, 0.25) is 0 Å². The average molecular weight is 226 g/mol. The highest BCUT2D eigenvalue weighted by Gasteiger charge is 2.24. The molecule has 0 aromatic rings. The molecule has 0 bridgehead atoms. The molecular weight excluding hydrogens is 208 g/mol. The lowest BCUT2D eigenvalue weighted by Crippen LogP contribution is -2.27. The van der Waals surface area contributed by atoms with Gasteiger partial charge < -0.3 is 9.47 Å². The Morgan fingerprint density at radius 1 is 1.00 bits per heavy atom. The van der Waals surface area contributed by atoms with Gasteiger partial charge in [-0.25, -0.2) is 0 Å². The second-order valence-corrected chi connectivity index (χ2v) is 4.07. The summed E-state index contributed by atoms with van der Waals surface area (Å²) in [5, 5.41) is 0. The van der Waals surface area contributed by atoms with Crippen molar-refractivity contribution in [2.75, 3.05) is 13.2 Å². The van der Waals surface area contributed by atoms with Crippen LogP contribution in [0.1, 0.15) is 26.7 Å². The van der Waals surface area contributed by atoms with E-state index in [9.17, 15) is 9.59 Å². The summed E-state index contributed by atoms with van der Waals surface area (Å²) in [7, 11) is 0. The summed E-state index contributed by atoms with van der Waals surface area (Å²) < 4.78 is 10.0. The van der Waals surface area contributed by atoms with Crippen LogP contribution in [0.5, 0.6) is 0 Å². The number of rotatable bonds is 4. The standard InChI is InChI=1S/C12H18O4/c1-9(13)15-7-11-5-3-4-6-12(11)8-16-10(2)14/h3-4,11-12H,5-8H2,1-2H3. The minimum atomic E-state index is -0.263. The van der Waals surface area contributed by atoms with Crippen LogP contribution in [0, 0.1) is 11.8 Å². The predicted octanol–water partition coefficient (Wildman–Crippen LogP) is 1.70. The normalized spacial score (nSPS) is 23.9. The Labute approximate surface area is 95.6 Å². The summed E-state index contributed by atoms with van der Waals surface area (Å²) in [6.45, 7) is 3.62. The highest BCUT2D eigenvalue weighted by Crippen LogP contribution is 2.26. The van der Waals surface area contributed by atoms with Crippen LogP contribution in [-0.2, 0) is 19.1 Å². The Hall–Kier alpha value is -1.32. The second-order valence-electron chi connectivity index (χ2n) is 4.07. The number of hydrogen-bond donors (Lipinski definition) is 0. The number of allylic oxidation sites excluding steroid dienone is 2. The predicted molar refractivity (Wildman–Crippen MR) is 58.6 cm³/mol. The molecule has 0 spiro atoms. The van der Waals surface area contributed by atoms with E-state index in [0.717, 1.165) is 12.8 Å². The molecule has 1 aliphatic carbocycles. The van der Waals surface area contributed by atoms with Gasteiger partial charge in [0.25, 0.3) is 0 Å². The van der Waals surface area contributed by atoms with Crippen LogP contribution in [0.15, 0.2) is 12.2 Å². The first-order valence-corrected chi connectivity index (χ1v) is 5.51. The molecule has 0 N–H and O–H groups in total. The second kappa shape index (κ2) is 6.30. The van der Waals surface area contributed by atoms with E-state index in [1.165, 1.54) is 13.8 Å². The monoisotopic (exact) mass is 226 g/mol. The summed E-state index contributed by atoms with van der Waals surface area (Å²) in [5.74, 6) is -0.0110. The number of carbonyl (C=O) groups excluding carboxylic acids is 2. The topological polar surface area (TPSA) is 52.6 Å². The van der Waals surface area contributed by atoms with Gasteiger partial charge in [-0.2, -0.15) is 0 Å². The van der Waals surface area contributed by atoms with Crippen LogP contribution in [-0.4, -0.2) is 25.2 Å². The number of hydrogen-bond acceptors (Lipinski definition) is 4. The van der Waals surface area contributed by atoms with Gasteiger partial charge in [0.15, 0.2) is 0 Å². The highest BCUT2D eigenvalue weighted by atomic mass is 16.5. The van der Waals surface area contributed by atoms with Crippen molar-refractivity contribution in [1.29, 1.82) is 0 Å². The van der Waals surface area contributed by atoms with Gasteiger partial charge >= 0.3 is 11.9 Å². The van der Waals surface area contributed by atoms with Crippen LogP contribution >= 0.6 is 0 Å². The van der Waals surface area contributed by atoms with Crippen LogP contribution in [0.4, 0.5) is 0 Å². The quantitative estimate of drug-likeness (QED) is 0.540. The third-order valence-corrected chi connectivity index (χ3v) is 2.71.